The second kappa shape index (κ2) is 6.91. The predicted molar refractivity (Wildman–Crippen MR) is 67.8 cm³/mol. The molecule has 10 heteroatoms. The van der Waals surface area contributed by atoms with Crippen LogP contribution >= 0.6 is 0 Å². The summed E-state index contributed by atoms with van der Waals surface area (Å²) in [5.41, 5.74) is 0. The summed E-state index contributed by atoms with van der Waals surface area (Å²) in [6.07, 6.45) is -1.48. The maximum atomic E-state index is 13.2. The van der Waals surface area contributed by atoms with Crippen molar-refractivity contribution in [2.45, 2.75) is 44.1 Å². The number of amides is 1. The predicted octanol–water partition coefficient (Wildman–Crippen LogP) is 1.21. The van der Waals surface area contributed by atoms with Crippen molar-refractivity contribution in [3.05, 3.63) is 0 Å². The molecular formula is C11H18F4N2O3S. The van der Waals surface area contributed by atoms with Gasteiger partial charge in [-0.25, -0.2) is 21.9 Å². The minimum atomic E-state index is -4.71. The Morgan fingerprint density at radius 2 is 2.00 bits per heavy atom. The summed E-state index contributed by atoms with van der Waals surface area (Å²) < 4.78 is 74.9. The zero-order valence-electron chi connectivity index (χ0n) is 11.5. The summed E-state index contributed by atoms with van der Waals surface area (Å²) in [5.74, 6) is -6.60. The van der Waals surface area contributed by atoms with Crippen LogP contribution in [0.2, 0.25) is 0 Å². The van der Waals surface area contributed by atoms with Crippen molar-refractivity contribution in [3.8, 4) is 0 Å². The highest BCUT2D eigenvalue weighted by atomic mass is 32.2. The molecule has 1 saturated heterocycles. The average Bonchev–Trinajstić information content (AvgIpc) is 2.36. The van der Waals surface area contributed by atoms with E-state index in [-0.39, 0.29) is 19.5 Å². The number of nitrogens with zero attached hydrogens (tertiary/aromatic N) is 1. The molecular weight excluding hydrogens is 316 g/mol. The van der Waals surface area contributed by atoms with Gasteiger partial charge in [-0.3, -0.25) is 4.79 Å². The van der Waals surface area contributed by atoms with E-state index >= 15 is 0 Å². The number of halogens is 4. The Morgan fingerprint density at radius 3 is 2.52 bits per heavy atom. The molecule has 1 atom stereocenters. The highest BCUT2D eigenvalue weighted by Crippen LogP contribution is 2.29. The summed E-state index contributed by atoms with van der Waals surface area (Å²) in [7, 11) is -3.43. The zero-order valence-corrected chi connectivity index (χ0v) is 12.3. The van der Waals surface area contributed by atoms with Gasteiger partial charge in [0.25, 0.3) is 5.91 Å². The third-order valence-electron chi connectivity index (χ3n) is 3.29. The van der Waals surface area contributed by atoms with E-state index in [1.807, 2.05) is 0 Å². The molecule has 1 heterocycles. The lowest BCUT2D eigenvalue weighted by molar-refractivity contribution is -0.184. The SMILES string of the molecule is CS(=O)(=O)NCCC1CCCCN1C(=O)C(F)(F)C(F)F. The zero-order chi connectivity index (χ0) is 16.3. The second-order valence-corrected chi connectivity index (χ2v) is 6.86. The number of likely N-dealkylation sites (tertiary alicyclic amines) is 1. The normalized spacial score (nSPS) is 20.9. The Kier molecular flexibility index (Phi) is 5.97. The monoisotopic (exact) mass is 334 g/mol. The molecule has 1 N–H and O–H groups in total. The number of carbonyl (C=O) groups is 1. The summed E-state index contributed by atoms with van der Waals surface area (Å²) in [6, 6.07) is -0.662. The number of piperidine rings is 1. The quantitative estimate of drug-likeness (QED) is 0.743. The summed E-state index contributed by atoms with van der Waals surface area (Å²) in [4.78, 5) is 12.3. The molecule has 0 aromatic carbocycles. The Bertz CT molecular complexity index is 470. The molecule has 1 aliphatic rings. The molecule has 0 aliphatic carbocycles. The fourth-order valence-corrected chi connectivity index (χ4v) is 2.75. The standard InChI is InChI=1S/C11H18F4N2O3S/c1-21(19,20)16-6-5-8-4-2-3-7-17(8)10(18)11(14,15)9(12)13/h8-9,16H,2-7H2,1H3. The number of sulfonamides is 1. The van der Waals surface area contributed by atoms with Crippen LogP contribution in [0.4, 0.5) is 17.6 Å². The van der Waals surface area contributed by atoms with Crippen molar-refractivity contribution in [1.82, 2.24) is 9.62 Å². The van der Waals surface area contributed by atoms with Crippen molar-refractivity contribution < 1.29 is 30.8 Å². The minimum Gasteiger partial charge on any atom is -0.334 e. The molecule has 1 aliphatic heterocycles. The number of hydrogen-bond donors (Lipinski definition) is 1. The first-order valence-electron chi connectivity index (χ1n) is 6.47. The van der Waals surface area contributed by atoms with Crippen LogP contribution in [0.3, 0.4) is 0 Å². The Labute approximate surface area is 120 Å². The van der Waals surface area contributed by atoms with E-state index in [2.05, 4.69) is 4.72 Å². The van der Waals surface area contributed by atoms with Gasteiger partial charge in [0.05, 0.1) is 6.26 Å². The molecule has 0 radical (unpaired) electrons. The molecule has 0 saturated carbocycles. The first-order chi connectivity index (χ1) is 9.55. The van der Waals surface area contributed by atoms with Crippen molar-refractivity contribution >= 4 is 15.9 Å². The Balaban J connectivity index is 2.71. The summed E-state index contributed by atoms with van der Waals surface area (Å²) in [6.45, 7) is -0.0573. The van der Waals surface area contributed by atoms with Gasteiger partial charge in [-0.2, -0.15) is 8.78 Å². The molecule has 1 rings (SSSR count). The van der Waals surface area contributed by atoms with Gasteiger partial charge in [-0.1, -0.05) is 0 Å². The van der Waals surface area contributed by atoms with E-state index in [0.29, 0.717) is 19.3 Å². The second-order valence-electron chi connectivity index (χ2n) is 5.03. The van der Waals surface area contributed by atoms with Crippen LogP contribution in [0, 0.1) is 0 Å². The minimum absolute atomic E-state index is 0.0231. The molecule has 0 aromatic rings. The lowest BCUT2D eigenvalue weighted by Gasteiger charge is -2.37. The number of alkyl halides is 4. The Hall–Kier alpha value is -0.900. The van der Waals surface area contributed by atoms with E-state index in [0.717, 1.165) is 11.2 Å². The average molecular weight is 334 g/mol. The van der Waals surface area contributed by atoms with Crippen molar-refractivity contribution in [2.75, 3.05) is 19.3 Å². The van der Waals surface area contributed by atoms with Crippen LogP contribution in [0.15, 0.2) is 0 Å². The van der Waals surface area contributed by atoms with Crippen molar-refractivity contribution in [1.29, 1.82) is 0 Å². The van der Waals surface area contributed by atoms with Gasteiger partial charge in [0.2, 0.25) is 10.0 Å². The highest BCUT2D eigenvalue weighted by Gasteiger charge is 2.52. The van der Waals surface area contributed by atoms with Gasteiger partial charge in [-0.15, -0.1) is 0 Å². The first kappa shape index (κ1) is 18.1. The third-order valence-corrected chi connectivity index (χ3v) is 4.02. The van der Waals surface area contributed by atoms with Crippen LogP contribution in [0.5, 0.6) is 0 Å². The lowest BCUT2D eigenvalue weighted by Crippen LogP contribution is -2.54. The van der Waals surface area contributed by atoms with Crippen LogP contribution in [0.25, 0.3) is 0 Å². The van der Waals surface area contributed by atoms with Gasteiger partial charge < -0.3 is 4.90 Å². The van der Waals surface area contributed by atoms with Gasteiger partial charge in [0.1, 0.15) is 0 Å². The number of nitrogens with one attached hydrogen (secondary N) is 1. The van der Waals surface area contributed by atoms with E-state index < -0.39 is 34.3 Å². The fraction of sp³-hybridized carbons (Fsp3) is 0.909. The van der Waals surface area contributed by atoms with Gasteiger partial charge in [0.15, 0.2) is 0 Å². The lowest BCUT2D eigenvalue weighted by atomic mass is 9.98. The van der Waals surface area contributed by atoms with Crippen LogP contribution in [-0.2, 0) is 14.8 Å². The van der Waals surface area contributed by atoms with Gasteiger partial charge in [0, 0.05) is 19.1 Å². The van der Waals surface area contributed by atoms with Gasteiger partial charge in [-0.05, 0) is 25.7 Å². The summed E-state index contributed by atoms with van der Waals surface area (Å²) >= 11 is 0. The van der Waals surface area contributed by atoms with Crippen LogP contribution in [0.1, 0.15) is 25.7 Å². The third kappa shape index (κ3) is 5.10. The molecule has 1 fully saturated rings. The van der Waals surface area contributed by atoms with Crippen molar-refractivity contribution in [2.24, 2.45) is 0 Å². The molecule has 124 valence electrons. The van der Waals surface area contributed by atoms with Crippen LogP contribution in [-0.4, -0.2) is 57.0 Å². The van der Waals surface area contributed by atoms with Crippen molar-refractivity contribution in [3.63, 3.8) is 0 Å². The maximum Gasteiger partial charge on any atom is 0.383 e. The molecule has 1 unspecified atom stereocenters. The number of rotatable bonds is 6. The smallest absolute Gasteiger partial charge is 0.334 e. The maximum absolute atomic E-state index is 13.2. The molecule has 0 aromatic heterocycles. The Morgan fingerprint density at radius 1 is 1.38 bits per heavy atom. The molecule has 0 bridgehead atoms. The van der Waals surface area contributed by atoms with E-state index in [1.165, 1.54) is 0 Å². The topological polar surface area (TPSA) is 66.5 Å². The summed E-state index contributed by atoms with van der Waals surface area (Å²) in [5, 5.41) is 0. The number of hydrogen-bond acceptors (Lipinski definition) is 3. The van der Waals surface area contributed by atoms with E-state index in [9.17, 15) is 30.8 Å². The van der Waals surface area contributed by atoms with Crippen LogP contribution < -0.4 is 4.72 Å². The van der Waals surface area contributed by atoms with E-state index in [1.54, 1.807) is 0 Å². The molecule has 0 spiro atoms. The number of carbonyl (C=O) groups excluding carboxylic acids is 1. The van der Waals surface area contributed by atoms with Gasteiger partial charge >= 0.3 is 12.3 Å². The fourth-order valence-electron chi connectivity index (χ4n) is 2.26. The molecule has 1 amide bonds. The molecule has 5 nitrogen and oxygen atoms in total. The van der Waals surface area contributed by atoms with E-state index in [4.69, 9.17) is 0 Å². The first-order valence-corrected chi connectivity index (χ1v) is 8.36. The largest absolute Gasteiger partial charge is 0.383 e. The highest BCUT2D eigenvalue weighted by molar-refractivity contribution is 7.88. The molecule has 21 heavy (non-hydrogen) atoms.